The van der Waals surface area contributed by atoms with E-state index >= 15 is 0 Å². The van der Waals surface area contributed by atoms with Gasteiger partial charge in [0.1, 0.15) is 5.75 Å². The summed E-state index contributed by atoms with van der Waals surface area (Å²) in [5.41, 5.74) is 1.27. The lowest BCUT2D eigenvalue weighted by Crippen LogP contribution is -2.45. The number of morpholine rings is 1. The first kappa shape index (κ1) is 14.3. The minimum atomic E-state index is 0.291. The molecule has 2 rings (SSSR count). The number of nitrogens with zero attached hydrogens (tertiary/aromatic N) is 1. The maximum atomic E-state index is 5.75. The molecule has 1 aliphatic rings. The highest BCUT2D eigenvalue weighted by Crippen LogP contribution is 2.17. The van der Waals surface area contributed by atoms with Crippen LogP contribution in [0.15, 0.2) is 24.3 Å². The average Bonchev–Trinajstić information content (AvgIpc) is 2.45. The van der Waals surface area contributed by atoms with Crippen LogP contribution in [0, 0.1) is 0 Å². The zero-order valence-corrected chi connectivity index (χ0v) is 12.1. The molecule has 4 nitrogen and oxygen atoms in total. The third-order valence-electron chi connectivity index (χ3n) is 3.61. The molecule has 106 valence electrons. The Balaban J connectivity index is 1.81. The van der Waals surface area contributed by atoms with E-state index in [1.54, 1.807) is 7.11 Å². The van der Waals surface area contributed by atoms with E-state index < -0.39 is 0 Å². The predicted molar refractivity (Wildman–Crippen MR) is 76.6 cm³/mol. The van der Waals surface area contributed by atoms with Crippen LogP contribution in [0.4, 0.5) is 0 Å². The molecule has 1 saturated heterocycles. The Morgan fingerprint density at radius 2 is 2.16 bits per heavy atom. The van der Waals surface area contributed by atoms with Crippen molar-refractivity contribution in [1.29, 1.82) is 0 Å². The van der Waals surface area contributed by atoms with Gasteiger partial charge in [0, 0.05) is 25.7 Å². The maximum Gasteiger partial charge on any atom is 0.118 e. The molecule has 2 atom stereocenters. The van der Waals surface area contributed by atoms with Crippen molar-refractivity contribution in [3.05, 3.63) is 29.8 Å². The van der Waals surface area contributed by atoms with Gasteiger partial charge in [-0.15, -0.1) is 0 Å². The molecule has 1 heterocycles. The maximum absolute atomic E-state index is 5.75. The van der Waals surface area contributed by atoms with Crippen LogP contribution in [0.5, 0.6) is 5.75 Å². The molecule has 4 heteroatoms. The molecule has 0 spiro atoms. The van der Waals surface area contributed by atoms with Crippen molar-refractivity contribution in [3.63, 3.8) is 0 Å². The number of rotatable bonds is 5. The van der Waals surface area contributed by atoms with Gasteiger partial charge in [-0.1, -0.05) is 12.1 Å². The number of ether oxygens (including phenoxy) is 2. The summed E-state index contributed by atoms with van der Waals surface area (Å²) < 4.78 is 10.9. The van der Waals surface area contributed by atoms with Crippen LogP contribution < -0.4 is 10.1 Å². The SMILES string of the molecule is COc1ccc(C(C)NCC2CN(C)CCO2)cc1. The molecular formula is C15H24N2O2. The first-order chi connectivity index (χ1) is 9.19. The normalized spacial score (nSPS) is 22.2. The summed E-state index contributed by atoms with van der Waals surface area (Å²) in [5, 5.41) is 3.53. The van der Waals surface area contributed by atoms with E-state index in [2.05, 4.69) is 36.3 Å². The van der Waals surface area contributed by atoms with Crippen molar-refractivity contribution in [3.8, 4) is 5.75 Å². The van der Waals surface area contributed by atoms with Crippen LogP contribution >= 0.6 is 0 Å². The van der Waals surface area contributed by atoms with Crippen molar-refractivity contribution >= 4 is 0 Å². The Morgan fingerprint density at radius 1 is 1.42 bits per heavy atom. The van der Waals surface area contributed by atoms with Gasteiger partial charge < -0.3 is 19.7 Å². The molecule has 1 aliphatic heterocycles. The fourth-order valence-corrected chi connectivity index (χ4v) is 2.31. The Kier molecular flexibility index (Phi) is 5.19. The lowest BCUT2D eigenvalue weighted by atomic mass is 10.1. The molecule has 2 unspecified atom stereocenters. The van der Waals surface area contributed by atoms with Gasteiger partial charge >= 0.3 is 0 Å². The van der Waals surface area contributed by atoms with Crippen molar-refractivity contribution in [2.45, 2.75) is 19.1 Å². The zero-order chi connectivity index (χ0) is 13.7. The molecule has 0 saturated carbocycles. The molecule has 0 aliphatic carbocycles. The summed E-state index contributed by atoms with van der Waals surface area (Å²) in [5.74, 6) is 0.896. The van der Waals surface area contributed by atoms with E-state index in [4.69, 9.17) is 9.47 Å². The van der Waals surface area contributed by atoms with E-state index in [-0.39, 0.29) is 0 Å². The second-order valence-electron chi connectivity index (χ2n) is 5.16. The molecule has 1 aromatic rings. The summed E-state index contributed by atoms with van der Waals surface area (Å²) in [6.07, 6.45) is 0.291. The highest BCUT2D eigenvalue weighted by atomic mass is 16.5. The smallest absolute Gasteiger partial charge is 0.118 e. The van der Waals surface area contributed by atoms with Gasteiger partial charge in [0.25, 0.3) is 0 Å². The average molecular weight is 264 g/mol. The minimum absolute atomic E-state index is 0.291. The number of likely N-dealkylation sites (N-methyl/N-ethyl adjacent to an activating group) is 1. The van der Waals surface area contributed by atoms with E-state index in [1.165, 1.54) is 5.56 Å². The molecule has 0 aromatic heterocycles. The van der Waals surface area contributed by atoms with Crippen molar-refractivity contribution in [2.24, 2.45) is 0 Å². The summed E-state index contributed by atoms with van der Waals surface area (Å²) in [7, 11) is 3.83. The van der Waals surface area contributed by atoms with Crippen LogP contribution in [0.25, 0.3) is 0 Å². The van der Waals surface area contributed by atoms with E-state index in [1.807, 2.05) is 12.1 Å². The van der Waals surface area contributed by atoms with Gasteiger partial charge in [0.05, 0.1) is 19.8 Å². The molecule has 1 aromatic carbocycles. The third-order valence-corrected chi connectivity index (χ3v) is 3.61. The topological polar surface area (TPSA) is 33.7 Å². The fourth-order valence-electron chi connectivity index (χ4n) is 2.31. The van der Waals surface area contributed by atoms with Gasteiger partial charge in [-0.3, -0.25) is 0 Å². The van der Waals surface area contributed by atoms with Crippen LogP contribution in [-0.4, -0.2) is 51.4 Å². The Labute approximate surface area is 115 Å². The highest BCUT2D eigenvalue weighted by molar-refractivity contribution is 5.28. The monoisotopic (exact) mass is 264 g/mol. The van der Waals surface area contributed by atoms with Gasteiger partial charge in [-0.2, -0.15) is 0 Å². The zero-order valence-electron chi connectivity index (χ0n) is 12.1. The highest BCUT2D eigenvalue weighted by Gasteiger charge is 2.18. The van der Waals surface area contributed by atoms with Crippen molar-refractivity contribution < 1.29 is 9.47 Å². The largest absolute Gasteiger partial charge is 0.497 e. The number of nitrogens with one attached hydrogen (secondary N) is 1. The van der Waals surface area contributed by atoms with Crippen LogP contribution in [0.1, 0.15) is 18.5 Å². The lowest BCUT2D eigenvalue weighted by molar-refractivity contribution is -0.0190. The number of hydrogen-bond donors (Lipinski definition) is 1. The third kappa shape index (κ3) is 4.20. The van der Waals surface area contributed by atoms with E-state index in [0.717, 1.165) is 32.0 Å². The Morgan fingerprint density at radius 3 is 2.79 bits per heavy atom. The standard InChI is InChI=1S/C15H24N2O2/c1-12(13-4-6-14(18-3)7-5-13)16-10-15-11-17(2)8-9-19-15/h4-7,12,15-16H,8-11H2,1-3H3. The minimum Gasteiger partial charge on any atom is -0.497 e. The molecule has 1 fully saturated rings. The first-order valence-corrected chi connectivity index (χ1v) is 6.86. The van der Waals surface area contributed by atoms with Gasteiger partial charge in [-0.05, 0) is 31.7 Å². The van der Waals surface area contributed by atoms with Gasteiger partial charge in [-0.25, -0.2) is 0 Å². The van der Waals surface area contributed by atoms with Crippen molar-refractivity contribution in [2.75, 3.05) is 40.4 Å². The van der Waals surface area contributed by atoms with Crippen LogP contribution in [0.3, 0.4) is 0 Å². The predicted octanol–water partition coefficient (Wildman–Crippen LogP) is 1.68. The first-order valence-electron chi connectivity index (χ1n) is 6.86. The van der Waals surface area contributed by atoms with Crippen LogP contribution in [0.2, 0.25) is 0 Å². The van der Waals surface area contributed by atoms with Gasteiger partial charge in [0.15, 0.2) is 0 Å². The second-order valence-corrected chi connectivity index (χ2v) is 5.16. The summed E-state index contributed by atoms with van der Waals surface area (Å²) >= 11 is 0. The lowest BCUT2D eigenvalue weighted by Gasteiger charge is -2.31. The fraction of sp³-hybridized carbons (Fsp3) is 0.600. The van der Waals surface area contributed by atoms with Gasteiger partial charge in [0.2, 0.25) is 0 Å². The molecule has 19 heavy (non-hydrogen) atoms. The Hall–Kier alpha value is -1.10. The van der Waals surface area contributed by atoms with E-state index in [0.29, 0.717) is 12.1 Å². The number of methoxy groups -OCH3 is 1. The Bertz CT molecular complexity index is 380. The quantitative estimate of drug-likeness (QED) is 0.877. The molecular weight excluding hydrogens is 240 g/mol. The number of benzene rings is 1. The summed E-state index contributed by atoms with van der Waals surface area (Å²) in [6, 6.07) is 8.52. The molecule has 0 radical (unpaired) electrons. The van der Waals surface area contributed by atoms with Crippen LogP contribution in [-0.2, 0) is 4.74 Å². The van der Waals surface area contributed by atoms with Crippen molar-refractivity contribution in [1.82, 2.24) is 10.2 Å². The summed E-state index contributed by atoms with van der Waals surface area (Å²) in [4.78, 5) is 2.31. The molecule has 0 amide bonds. The summed E-state index contributed by atoms with van der Waals surface area (Å²) in [6.45, 7) is 5.93. The van der Waals surface area contributed by atoms with E-state index in [9.17, 15) is 0 Å². The number of hydrogen-bond acceptors (Lipinski definition) is 4. The molecule has 0 bridgehead atoms. The molecule has 1 N–H and O–H groups in total. The second kappa shape index (κ2) is 6.89.